The topological polar surface area (TPSA) is 82.7 Å². The number of rotatable bonds is 6. The zero-order chi connectivity index (χ0) is 24.4. The van der Waals surface area contributed by atoms with E-state index >= 15 is 0 Å². The van der Waals surface area contributed by atoms with Crippen molar-refractivity contribution >= 4 is 28.3 Å². The molecule has 0 aliphatic rings. The molecule has 0 saturated carbocycles. The molecule has 0 aliphatic heterocycles. The minimum Gasteiger partial charge on any atom is -0.358 e. The first-order valence-electron chi connectivity index (χ1n) is 11.6. The van der Waals surface area contributed by atoms with Crippen molar-refractivity contribution in [2.75, 3.05) is 10.6 Å². The summed E-state index contributed by atoms with van der Waals surface area (Å²) in [7, 11) is 0. The smallest absolute Gasteiger partial charge is 0.255 e. The lowest BCUT2D eigenvalue weighted by atomic mass is 9.99. The number of aryl methyl sites for hydroxylation is 3. The third kappa shape index (κ3) is 4.64. The number of carbonyl (C=O) groups is 1. The Kier molecular flexibility index (Phi) is 6.02. The summed E-state index contributed by atoms with van der Waals surface area (Å²) in [4.78, 5) is 25.6. The van der Waals surface area contributed by atoms with Crippen LogP contribution in [0.2, 0.25) is 0 Å². The van der Waals surface area contributed by atoms with E-state index in [9.17, 15) is 4.79 Å². The number of pyridine rings is 2. The molecular formula is C29H27N5O. The SMILES string of the molecule is Cc1ccnc(N[C@@H](c2ccccn2)c2c(C)[nH]c3ccc(NC(=O)c4ccccc4C)cc23)c1. The fourth-order valence-electron chi connectivity index (χ4n) is 4.43. The number of carbonyl (C=O) groups excluding carboxylic acids is 1. The van der Waals surface area contributed by atoms with Gasteiger partial charge in [0.2, 0.25) is 0 Å². The van der Waals surface area contributed by atoms with Gasteiger partial charge in [-0.15, -0.1) is 0 Å². The fraction of sp³-hybridized carbons (Fsp3) is 0.138. The van der Waals surface area contributed by atoms with Crippen LogP contribution in [0, 0.1) is 20.8 Å². The predicted molar refractivity (Wildman–Crippen MR) is 141 cm³/mol. The Balaban J connectivity index is 1.57. The molecule has 0 aliphatic carbocycles. The summed E-state index contributed by atoms with van der Waals surface area (Å²) < 4.78 is 0. The van der Waals surface area contributed by atoms with Crippen LogP contribution in [0.15, 0.2) is 85.2 Å². The van der Waals surface area contributed by atoms with Gasteiger partial charge >= 0.3 is 0 Å². The largest absolute Gasteiger partial charge is 0.358 e. The molecule has 0 saturated heterocycles. The zero-order valence-corrected chi connectivity index (χ0v) is 20.0. The van der Waals surface area contributed by atoms with Crippen LogP contribution in [0.3, 0.4) is 0 Å². The molecule has 3 heterocycles. The molecule has 3 aromatic heterocycles. The fourth-order valence-corrected chi connectivity index (χ4v) is 4.43. The molecule has 35 heavy (non-hydrogen) atoms. The number of aromatic amines is 1. The maximum Gasteiger partial charge on any atom is 0.255 e. The highest BCUT2D eigenvalue weighted by atomic mass is 16.1. The Morgan fingerprint density at radius 2 is 1.71 bits per heavy atom. The second-order valence-electron chi connectivity index (χ2n) is 8.74. The average molecular weight is 462 g/mol. The second-order valence-corrected chi connectivity index (χ2v) is 8.74. The number of nitrogens with one attached hydrogen (secondary N) is 3. The predicted octanol–water partition coefficient (Wildman–Crippen LogP) is 6.34. The third-order valence-corrected chi connectivity index (χ3v) is 6.16. The van der Waals surface area contributed by atoms with Crippen molar-refractivity contribution in [1.82, 2.24) is 15.0 Å². The lowest BCUT2D eigenvalue weighted by molar-refractivity contribution is 0.102. The lowest BCUT2D eigenvalue weighted by Gasteiger charge is -2.20. The van der Waals surface area contributed by atoms with E-state index in [2.05, 4.69) is 32.5 Å². The van der Waals surface area contributed by atoms with Crippen LogP contribution in [0.4, 0.5) is 11.5 Å². The summed E-state index contributed by atoms with van der Waals surface area (Å²) >= 11 is 0. The van der Waals surface area contributed by atoms with Crippen molar-refractivity contribution in [2.45, 2.75) is 26.8 Å². The van der Waals surface area contributed by atoms with Crippen LogP contribution >= 0.6 is 0 Å². The highest BCUT2D eigenvalue weighted by Gasteiger charge is 2.23. The van der Waals surface area contributed by atoms with Gasteiger partial charge in [-0.1, -0.05) is 24.3 Å². The molecule has 0 unspecified atom stereocenters. The summed E-state index contributed by atoms with van der Waals surface area (Å²) in [5.74, 6) is 0.651. The highest BCUT2D eigenvalue weighted by molar-refractivity contribution is 6.06. The van der Waals surface area contributed by atoms with Gasteiger partial charge in [0.05, 0.1) is 11.7 Å². The first-order valence-corrected chi connectivity index (χ1v) is 11.6. The minimum absolute atomic E-state index is 0.125. The normalized spacial score (nSPS) is 11.9. The summed E-state index contributed by atoms with van der Waals surface area (Å²) in [6, 6.07) is 23.2. The van der Waals surface area contributed by atoms with Crippen LogP contribution in [-0.4, -0.2) is 20.9 Å². The molecule has 2 aromatic carbocycles. The number of H-pyrrole nitrogens is 1. The van der Waals surface area contributed by atoms with Gasteiger partial charge in [-0.25, -0.2) is 4.98 Å². The van der Waals surface area contributed by atoms with Crippen LogP contribution < -0.4 is 10.6 Å². The van der Waals surface area contributed by atoms with Gasteiger partial charge in [-0.2, -0.15) is 0 Å². The molecule has 0 spiro atoms. The molecule has 5 rings (SSSR count). The van der Waals surface area contributed by atoms with Crippen molar-refractivity contribution < 1.29 is 4.79 Å². The maximum atomic E-state index is 12.9. The first-order chi connectivity index (χ1) is 17.0. The van der Waals surface area contributed by atoms with Gasteiger partial charge in [-0.05, 0) is 80.4 Å². The molecule has 3 N–H and O–H groups in total. The van der Waals surface area contributed by atoms with E-state index in [0.717, 1.165) is 50.5 Å². The molecule has 174 valence electrons. The van der Waals surface area contributed by atoms with E-state index in [1.54, 1.807) is 12.4 Å². The molecule has 0 fully saturated rings. The van der Waals surface area contributed by atoms with Crippen LogP contribution in [-0.2, 0) is 0 Å². The summed E-state index contributed by atoms with van der Waals surface area (Å²) in [5.41, 5.74) is 7.43. The number of benzene rings is 2. The van der Waals surface area contributed by atoms with Gasteiger partial charge in [0, 0.05) is 45.8 Å². The molecule has 0 bridgehead atoms. The summed E-state index contributed by atoms with van der Waals surface area (Å²) in [6.45, 7) is 6.04. The van der Waals surface area contributed by atoms with Gasteiger partial charge in [0.1, 0.15) is 5.82 Å². The molecule has 1 atom stereocenters. The van der Waals surface area contributed by atoms with Crippen LogP contribution in [0.25, 0.3) is 10.9 Å². The molecule has 6 heteroatoms. The Labute approximate surface area is 204 Å². The quantitative estimate of drug-likeness (QED) is 0.276. The Bertz CT molecular complexity index is 1510. The Hall–Kier alpha value is -4.45. The van der Waals surface area contributed by atoms with E-state index in [-0.39, 0.29) is 11.9 Å². The number of fused-ring (bicyclic) bond motifs is 1. The van der Waals surface area contributed by atoms with Crippen molar-refractivity contribution in [3.05, 3.63) is 119 Å². The minimum atomic E-state index is -0.235. The summed E-state index contributed by atoms with van der Waals surface area (Å²) in [6.07, 6.45) is 3.60. The van der Waals surface area contributed by atoms with Gasteiger partial charge in [0.25, 0.3) is 5.91 Å². The molecule has 0 radical (unpaired) electrons. The highest BCUT2D eigenvalue weighted by Crippen LogP contribution is 2.35. The van der Waals surface area contributed by atoms with Crippen molar-refractivity contribution in [3.8, 4) is 0 Å². The van der Waals surface area contributed by atoms with Crippen LogP contribution in [0.5, 0.6) is 0 Å². The number of aromatic nitrogens is 3. The number of hydrogen-bond acceptors (Lipinski definition) is 4. The molecule has 5 aromatic rings. The van der Waals surface area contributed by atoms with Gasteiger partial charge in [0.15, 0.2) is 0 Å². The van der Waals surface area contributed by atoms with E-state index in [1.807, 2.05) is 86.6 Å². The van der Waals surface area contributed by atoms with Crippen molar-refractivity contribution in [3.63, 3.8) is 0 Å². The lowest BCUT2D eigenvalue weighted by Crippen LogP contribution is -2.16. The average Bonchev–Trinajstić information content (AvgIpc) is 3.18. The van der Waals surface area contributed by atoms with Crippen molar-refractivity contribution in [2.24, 2.45) is 0 Å². The van der Waals surface area contributed by atoms with Crippen molar-refractivity contribution in [1.29, 1.82) is 0 Å². The number of hydrogen-bond donors (Lipinski definition) is 3. The standard InChI is InChI=1S/C29H27N5O/c1-18-13-15-31-26(16-18)34-28(25-10-6-7-14-30-25)27-20(3)32-24-12-11-21(17-23(24)27)33-29(35)22-9-5-4-8-19(22)2/h4-17,28,32H,1-3H3,(H,31,34)(H,33,35)/t28-/m0/s1. The van der Waals surface area contributed by atoms with Crippen LogP contribution in [0.1, 0.15) is 44.5 Å². The number of anilines is 2. The van der Waals surface area contributed by atoms with E-state index < -0.39 is 0 Å². The maximum absolute atomic E-state index is 12.9. The van der Waals surface area contributed by atoms with E-state index in [4.69, 9.17) is 0 Å². The zero-order valence-electron chi connectivity index (χ0n) is 20.0. The van der Waals surface area contributed by atoms with Gasteiger partial charge < -0.3 is 15.6 Å². The van der Waals surface area contributed by atoms with E-state index in [1.165, 1.54) is 0 Å². The second kappa shape index (κ2) is 9.43. The number of amides is 1. The molecule has 1 amide bonds. The molecular weight excluding hydrogens is 434 g/mol. The Morgan fingerprint density at radius 1 is 0.886 bits per heavy atom. The van der Waals surface area contributed by atoms with Gasteiger partial charge in [-0.3, -0.25) is 9.78 Å². The Morgan fingerprint density at radius 3 is 2.49 bits per heavy atom. The summed E-state index contributed by atoms with van der Waals surface area (Å²) in [5, 5.41) is 7.66. The first kappa shape index (κ1) is 22.3. The molecule has 6 nitrogen and oxygen atoms in total. The monoisotopic (exact) mass is 461 g/mol. The third-order valence-electron chi connectivity index (χ3n) is 6.16. The number of nitrogens with zero attached hydrogens (tertiary/aromatic N) is 2. The van der Waals surface area contributed by atoms with E-state index in [0.29, 0.717) is 5.56 Å².